The smallest absolute Gasteiger partial charge is 0.408 e. The first kappa shape index (κ1) is 13.5. The van der Waals surface area contributed by atoms with Crippen LogP contribution in [0.25, 0.3) is 0 Å². The Balaban J connectivity index is 4.26. The molecule has 0 aromatic heterocycles. The average Bonchev–Trinajstić information content (AvgIpc) is 2.10. The highest BCUT2D eigenvalue weighted by molar-refractivity contribution is 5.88. The van der Waals surface area contributed by atoms with Crippen molar-refractivity contribution in [2.75, 3.05) is 0 Å². The van der Waals surface area contributed by atoms with Gasteiger partial charge in [0.05, 0.1) is 6.04 Å². The Morgan fingerprint density at radius 3 is 2.47 bits per heavy atom. The highest BCUT2D eigenvalue weighted by atomic mass is 16.6. The van der Waals surface area contributed by atoms with Crippen molar-refractivity contribution in [1.82, 2.24) is 5.32 Å². The standard InChI is InChI=1S/C9H19N3O3/c1-5-6(7(10)12-14)11-8(13)15-9(2,3)4/h6,14H,5H2,1-4H3,(H2,10,12)(H,11,13)/t6-/m0/s1. The summed E-state index contributed by atoms with van der Waals surface area (Å²) >= 11 is 0. The van der Waals surface area contributed by atoms with Crippen LogP contribution in [0.2, 0.25) is 0 Å². The number of alkyl carbamates (subject to hydrolysis) is 1. The molecule has 0 bridgehead atoms. The summed E-state index contributed by atoms with van der Waals surface area (Å²) in [6, 6.07) is -0.509. The molecule has 0 aromatic rings. The Morgan fingerprint density at radius 2 is 2.13 bits per heavy atom. The summed E-state index contributed by atoms with van der Waals surface area (Å²) in [5, 5.41) is 13.8. The van der Waals surface area contributed by atoms with Gasteiger partial charge in [-0.25, -0.2) is 4.79 Å². The molecule has 0 rings (SSSR count). The summed E-state index contributed by atoms with van der Waals surface area (Å²) in [6.45, 7) is 7.09. The lowest BCUT2D eigenvalue weighted by Crippen LogP contribution is -2.46. The molecule has 1 atom stereocenters. The van der Waals surface area contributed by atoms with Gasteiger partial charge in [-0.1, -0.05) is 12.1 Å². The maximum absolute atomic E-state index is 11.3. The lowest BCUT2D eigenvalue weighted by molar-refractivity contribution is 0.0516. The number of nitrogens with one attached hydrogen (secondary N) is 1. The second-order valence-electron chi connectivity index (χ2n) is 4.13. The molecule has 0 saturated carbocycles. The minimum absolute atomic E-state index is 0.0386. The molecule has 88 valence electrons. The second kappa shape index (κ2) is 5.43. The van der Waals surface area contributed by atoms with Crippen molar-refractivity contribution in [2.24, 2.45) is 10.9 Å². The highest BCUT2D eigenvalue weighted by Gasteiger charge is 2.20. The zero-order valence-corrected chi connectivity index (χ0v) is 9.57. The van der Waals surface area contributed by atoms with E-state index in [1.54, 1.807) is 27.7 Å². The molecule has 0 saturated heterocycles. The Kier molecular flexibility index (Phi) is 4.90. The van der Waals surface area contributed by atoms with Crippen LogP contribution in [-0.4, -0.2) is 28.8 Å². The Hall–Kier alpha value is -1.46. The quantitative estimate of drug-likeness (QED) is 0.285. The Bertz CT molecular complexity index is 245. The van der Waals surface area contributed by atoms with Crippen LogP contribution in [0.1, 0.15) is 34.1 Å². The van der Waals surface area contributed by atoms with Gasteiger partial charge in [-0.3, -0.25) is 0 Å². The first-order chi connectivity index (χ1) is 6.80. The number of nitrogens with zero attached hydrogens (tertiary/aromatic N) is 1. The van der Waals surface area contributed by atoms with E-state index in [0.717, 1.165) is 0 Å². The number of rotatable bonds is 3. The van der Waals surface area contributed by atoms with E-state index in [1.807, 2.05) is 0 Å². The molecule has 0 unspecified atom stereocenters. The first-order valence-electron chi connectivity index (χ1n) is 4.77. The van der Waals surface area contributed by atoms with E-state index in [1.165, 1.54) is 0 Å². The fourth-order valence-corrected chi connectivity index (χ4v) is 0.905. The van der Waals surface area contributed by atoms with E-state index in [4.69, 9.17) is 15.7 Å². The third kappa shape index (κ3) is 5.77. The van der Waals surface area contributed by atoms with Crippen LogP contribution in [0.4, 0.5) is 4.79 Å². The van der Waals surface area contributed by atoms with Gasteiger partial charge in [0.25, 0.3) is 0 Å². The molecular formula is C9H19N3O3. The summed E-state index contributed by atoms with van der Waals surface area (Å²) in [6.07, 6.45) is -0.0595. The van der Waals surface area contributed by atoms with Crippen molar-refractivity contribution < 1.29 is 14.7 Å². The van der Waals surface area contributed by atoms with E-state index in [-0.39, 0.29) is 5.84 Å². The predicted molar refractivity (Wildman–Crippen MR) is 56.9 cm³/mol. The van der Waals surface area contributed by atoms with Crippen molar-refractivity contribution >= 4 is 11.9 Å². The first-order valence-corrected chi connectivity index (χ1v) is 4.77. The van der Waals surface area contributed by atoms with Crippen LogP contribution in [0, 0.1) is 0 Å². The average molecular weight is 217 g/mol. The SMILES string of the molecule is CC[C@H](NC(=O)OC(C)(C)C)/C(N)=N\O. The summed E-state index contributed by atoms with van der Waals surface area (Å²) in [4.78, 5) is 11.3. The summed E-state index contributed by atoms with van der Waals surface area (Å²) in [5.41, 5.74) is 4.81. The van der Waals surface area contributed by atoms with Gasteiger partial charge in [0, 0.05) is 0 Å². The number of ether oxygens (including phenoxy) is 1. The molecule has 0 aliphatic heterocycles. The fraction of sp³-hybridized carbons (Fsp3) is 0.778. The van der Waals surface area contributed by atoms with Gasteiger partial charge < -0.3 is 21.0 Å². The van der Waals surface area contributed by atoms with Crippen molar-refractivity contribution in [3.8, 4) is 0 Å². The van der Waals surface area contributed by atoms with Crippen LogP contribution >= 0.6 is 0 Å². The Morgan fingerprint density at radius 1 is 1.60 bits per heavy atom. The molecule has 4 N–H and O–H groups in total. The van der Waals surface area contributed by atoms with Gasteiger partial charge in [-0.05, 0) is 27.2 Å². The zero-order chi connectivity index (χ0) is 12.1. The number of carbonyl (C=O) groups is 1. The lowest BCUT2D eigenvalue weighted by atomic mass is 10.2. The second-order valence-corrected chi connectivity index (χ2v) is 4.13. The largest absolute Gasteiger partial charge is 0.444 e. The number of amidine groups is 1. The molecule has 0 fully saturated rings. The van der Waals surface area contributed by atoms with Gasteiger partial charge in [0.15, 0.2) is 5.84 Å². The number of oxime groups is 1. The monoisotopic (exact) mass is 217 g/mol. The van der Waals surface area contributed by atoms with Crippen molar-refractivity contribution in [3.63, 3.8) is 0 Å². The molecular weight excluding hydrogens is 198 g/mol. The molecule has 15 heavy (non-hydrogen) atoms. The van der Waals surface area contributed by atoms with Crippen LogP contribution in [0.3, 0.4) is 0 Å². The van der Waals surface area contributed by atoms with E-state index >= 15 is 0 Å². The number of carbonyl (C=O) groups excluding carboxylic acids is 1. The number of amides is 1. The molecule has 0 aliphatic rings. The van der Waals surface area contributed by atoms with E-state index in [2.05, 4.69) is 10.5 Å². The minimum Gasteiger partial charge on any atom is -0.444 e. The maximum atomic E-state index is 11.3. The summed E-state index contributed by atoms with van der Waals surface area (Å²) in [7, 11) is 0. The third-order valence-corrected chi connectivity index (χ3v) is 1.57. The Labute approximate surface area is 89.5 Å². The zero-order valence-electron chi connectivity index (χ0n) is 9.57. The maximum Gasteiger partial charge on any atom is 0.408 e. The molecule has 0 aromatic carbocycles. The van der Waals surface area contributed by atoms with E-state index in [0.29, 0.717) is 6.42 Å². The molecule has 0 spiro atoms. The third-order valence-electron chi connectivity index (χ3n) is 1.57. The molecule has 6 heteroatoms. The van der Waals surface area contributed by atoms with Gasteiger partial charge in [-0.15, -0.1) is 0 Å². The van der Waals surface area contributed by atoms with Crippen molar-refractivity contribution in [2.45, 2.75) is 45.8 Å². The molecule has 0 radical (unpaired) electrons. The van der Waals surface area contributed by atoms with Crippen LogP contribution in [-0.2, 0) is 4.74 Å². The number of hydrogen-bond donors (Lipinski definition) is 3. The predicted octanol–water partition coefficient (Wildman–Crippen LogP) is 1.04. The van der Waals surface area contributed by atoms with Crippen molar-refractivity contribution in [3.05, 3.63) is 0 Å². The van der Waals surface area contributed by atoms with E-state index < -0.39 is 17.7 Å². The van der Waals surface area contributed by atoms with Crippen LogP contribution in [0.15, 0.2) is 5.16 Å². The fourth-order valence-electron chi connectivity index (χ4n) is 0.905. The van der Waals surface area contributed by atoms with Crippen molar-refractivity contribution in [1.29, 1.82) is 0 Å². The lowest BCUT2D eigenvalue weighted by Gasteiger charge is -2.22. The van der Waals surface area contributed by atoms with Gasteiger partial charge in [-0.2, -0.15) is 0 Å². The number of nitrogens with two attached hydrogens (primary N) is 1. The van der Waals surface area contributed by atoms with Gasteiger partial charge >= 0.3 is 6.09 Å². The normalized spacial score (nSPS) is 14.5. The van der Waals surface area contributed by atoms with Gasteiger partial charge in [0.2, 0.25) is 0 Å². The molecule has 6 nitrogen and oxygen atoms in total. The summed E-state index contributed by atoms with van der Waals surface area (Å²) < 4.78 is 5.02. The van der Waals surface area contributed by atoms with Crippen LogP contribution < -0.4 is 11.1 Å². The molecule has 1 amide bonds. The minimum atomic E-state index is -0.582. The summed E-state index contributed by atoms with van der Waals surface area (Å²) in [5.74, 6) is -0.0386. The molecule has 0 heterocycles. The van der Waals surface area contributed by atoms with Crippen LogP contribution in [0.5, 0.6) is 0 Å². The number of hydrogen-bond acceptors (Lipinski definition) is 4. The molecule has 0 aliphatic carbocycles. The van der Waals surface area contributed by atoms with E-state index in [9.17, 15) is 4.79 Å². The topological polar surface area (TPSA) is 96.9 Å². The van der Waals surface area contributed by atoms with Gasteiger partial charge in [0.1, 0.15) is 5.60 Å². The highest BCUT2D eigenvalue weighted by Crippen LogP contribution is 2.07.